The molecule has 4 nitrogen and oxygen atoms in total. The molecule has 104 valence electrons. The maximum absolute atomic E-state index is 11.1. The summed E-state index contributed by atoms with van der Waals surface area (Å²) in [6, 6.07) is 8.58. The number of ether oxygens (including phenoxy) is 1. The van der Waals surface area contributed by atoms with E-state index in [1.165, 1.54) is 6.07 Å². The Labute approximate surface area is 132 Å². The number of nitrogens with two attached hydrogens (primary N) is 1. The Hall–Kier alpha value is -1.53. The Morgan fingerprint density at radius 3 is 2.55 bits per heavy atom. The van der Waals surface area contributed by atoms with Crippen molar-refractivity contribution in [3.05, 3.63) is 50.4 Å². The fourth-order valence-electron chi connectivity index (χ4n) is 1.69. The van der Waals surface area contributed by atoms with Crippen LogP contribution < -0.4 is 10.5 Å². The van der Waals surface area contributed by atoms with Crippen LogP contribution in [-0.2, 0) is 0 Å². The Morgan fingerprint density at radius 1 is 1.25 bits per heavy atom. The largest absolute Gasteiger partial charge is 0.478 e. The SMILES string of the molecule is Cc1cc(Oc2ccc(Br)cc2Br)cc(C(=O)O)c1N. The molecule has 0 saturated heterocycles. The van der Waals surface area contributed by atoms with Crippen LogP contribution in [0.15, 0.2) is 39.3 Å². The summed E-state index contributed by atoms with van der Waals surface area (Å²) >= 11 is 6.74. The fourth-order valence-corrected chi connectivity index (χ4v) is 2.81. The van der Waals surface area contributed by atoms with Crippen LogP contribution in [0.5, 0.6) is 11.5 Å². The van der Waals surface area contributed by atoms with E-state index in [2.05, 4.69) is 31.9 Å². The summed E-state index contributed by atoms with van der Waals surface area (Å²) < 4.78 is 7.38. The maximum atomic E-state index is 11.1. The molecule has 0 spiro atoms. The summed E-state index contributed by atoms with van der Waals surface area (Å²) in [6.07, 6.45) is 0. The molecule has 0 atom stereocenters. The molecule has 0 aliphatic heterocycles. The van der Waals surface area contributed by atoms with Crippen molar-refractivity contribution in [3.63, 3.8) is 0 Å². The second-order valence-corrected chi connectivity index (χ2v) is 5.95. The molecular weight excluding hydrogens is 390 g/mol. The first-order chi connectivity index (χ1) is 9.38. The fraction of sp³-hybridized carbons (Fsp3) is 0.0714. The molecule has 2 aromatic rings. The number of carboxylic acids is 1. The van der Waals surface area contributed by atoms with E-state index in [4.69, 9.17) is 15.6 Å². The molecule has 0 aliphatic carbocycles. The number of aromatic carboxylic acids is 1. The number of carboxylic acid groups (broad SMARTS) is 1. The molecule has 3 N–H and O–H groups in total. The molecule has 0 amide bonds. The summed E-state index contributed by atoms with van der Waals surface area (Å²) in [7, 11) is 0. The highest BCUT2D eigenvalue weighted by Crippen LogP contribution is 2.34. The summed E-state index contributed by atoms with van der Waals surface area (Å²) in [5, 5.41) is 9.12. The summed E-state index contributed by atoms with van der Waals surface area (Å²) in [5.74, 6) is -0.0586. The van der Waals surface area contributed by atoms with Crippen LogP contribution in [0.1, 0.15) is 15.9 Å². The molecule has 0 bridgehead atoms. The van der Waals surface area contributed by atoms with Crippen molar-refractivity contribution in [3.8, 4) is 11.5 Å². The average Bonchev–Trinajstić information content (AvgIpc) is 2.36. The first-order valence-electron chi connectivity index (χ1n) is 5.65. The lowest BCUT2D eigenvalue weighted by molar-refractivity contribution is 0.0697. The van der Waals surface area contributed by atoms with Crippen LogP contribution in [0.2, 0.25) is 0 Å². The summed E-state index contributed by atoms with van der Waals surface area (Å²) in [4.78, 5) is 11.1. The molecule has 6 heteroatoms. The monoisotopic (exact) mass is 399 g/mol. The predicted octanol–water partition coefficient (Wildman–Crippen LogP) is 4.59. The van der Waals surface area contributed by atoms with E-state index < -0.39 is 5.97 Å². The van der Waals surface area contributed by atoms with Crippen LogP contribution in [0.4, 0.5) is 5.69 Å². The first kappa shape index (κ1) is 14.9. The number of halogens is 2. The number of rotatable bonds is 3. The third-order valence-corrected chi connectivity index (χ3v) is 3.83. The van der Waals surface area contributed by atoms with Gasteiger partial charge in [-0.3, -0.25) is 0 Å². The second kappa shape index (κ2) is 5.85. The number of benzene rings is 2. The Bertz CT molecular complexity index is 686. The Morgan fingerprint density at radius 2 is 1.95 bits per heavy atom. The molecule has 2 rings (SSSR count). The van der Waals surface area contributed by atoms with Crippen LogP contribution >= 0.6 is 31.9 Å². The van der Waals surface area contributed by atoms with E-state index in [1.54, 1.807) is 19.1 Å². The normalized spacial score (nSPS) is 10.3. The Kier molecular flexibility index (Phi) is 4.35. The first-order valence-corrected chi connectivity index (χ1v) is 7.23. The molecule has 0 radical (unpaired) electrons. The molecule has 20 heavy (non-hydrogen) atoms. The van der Waals surface area contributed by atoms with Gasteiger partial charge in [0.2, 0.25) is 0 Å². The van der Waals surface area contributed by atoms with E-state index in [0.717, 1.165) is 8.95 Å². The molecule has 0 aliphatic rings. The third kappa shape index (κ3) is 3.13. The molecule has 2 aromatic carbocycles. The number of hydrogen-bond donors (Lipinski definition) is 2. The van der Waals surface area contributed by atoms with Crippen molar-refractivity contribution in [1.29, 1.82) is 0 Å². The zero-order valence-electron chi connectivity index (χ0n) is 10.5. The van der Waals surface area contributed by atoms with Crippen molar-refractivity contribution < 1.29 is 14.6 Å². The molecule has 0 fully saturated rings. The van der Waals surface area contributed by atoms with Gasteiger partial charge >= 0.3 is 5.97 Å². The van der Waals surface area contributed by atoms with Crippen molar-refractivity contribution >= 4 is 43.5 Å². The van der Waals surface area contributed by atoms with Crippen molar-refractivity contribution in [2.75, 3.05) is 5.73 Å². The smallest absolute Gasteiger partial charge is 0.337 e. The highest BCUT2D eigenvalue weighted by Gasteiger charge is 2.13. The van der Waals surface area contributed by atoms with Crippen molar-refractivity contribution in [2.24, 2.45) is 0 Å². The number of anilines is 1. The number of hydrogen-bond acceptors (Lipinski definition) is 3. The van der Waals surface area contributed by atoms with Crippen molar-refractivity contribution in [2.45, 2.75) is 6.92 Å². The van der Waals surface area contributed by atoms with Gasteiger partial charge < -0.3 is 15.6 Å². The van der Waals surface area contributed by atoms with Gasteiger partial charge in [-0.1, -0.05) is 15.9 Å². The maximum Gasteiger partial charge on any atom is 0.337 e. The quantitative estimate of drug-likeness (QED) is 0.739. The van der Waals surface area contributed by atoms with Gasteiger partial charge in [-0.15, -0.1) is 0 Å². The predicted molar refractivity (Wildman–Crippen MR) is 84.5 cm³/mol. The Balaban J connectivity index is 2.41. The van der Waals surface area contributed by atoms with Crippen LogP contribution in [-0.4, -0.2) is 11.1 Å². The van der Waals surface area contributed by atoms with Gasteiger partial charge in [0, 0.05) is 10.2 Å². The van der Waals surface area contributed by atoms with E-state index in [-0.39, 0.29) is 11.3 Å². The van der Waals surface area contributed by atoms with Gasteiger partial charge in [-0.2, -0.15) is 0 Å². The molecule has 0 aromatic heterocycles. The molecule has 0 heterocycles. The highest BCUT2D eigenvalue weighted by molar-refractivity contribution is 9.11. The van der Waals surface area contributed by atoms with E-state index >= 15 is 0 Å². The minimum absolute atomic E-state index is 0.0354. The zero-order valence-corrected chi connectivity index (χ0v) is 13.7. The van der Waals surface area contributed by atoms with Crippen molar-refractivity contribution in [1.82, 2.24) is 0 Å². The van der Waals surface area contributed by atoms with E-state index in [0.29, 0.717) is 17.1 Å². The minimum atomic E-state index is -1.08. The zero-order chi connectivity index (χ0) is 14.9. The topological polar surface area (TPSA) is 72.5 Å². The number of carbonyl (C=O) groups is 1. The lowest BCUT2D eigenvalue weighted by Gasteiger charge is -2.11. The van der Waals surface area contributed by atoms with Gasteiger partial charge in [0.25, 0.3) is 0 Å². The standard InChI is InChI=1S/C14H11Br2NO3/c1-7-4-9(6-10(13(7)17)14(18)19)20-12-3-2-8(15)5-11(12)16/h2-6H,17H2,1H3,(H,18,19). The molecule has 0 unspecified atom stereocenters. The lowest BCUT2D eigenvalue weighted by atomic mass is 10.1. The van der Waals surface area contributed by atoms with Gasteiger partial charge in [-0.25, -0.2) is 4.79 Å². The van der Waals surface area contributed by atoms with Gasteiger partial charge in [0.15, 0.2) is 0 Å². The summed E-state index contributed by atoms with van der Waals surface area (Å²) in [5.41, 5.74) is 6.69. The van der Waals surface area contributed by atoms with Gasteiger partial charge in [0.1, 0.15) is 11.5 Å². The van der Waals surface area contributed by atoms with Gasteiger partial charge in [0.05, 0.1) is 10.0 Å². The average molecular weight is 401 g/mol. The van der Waals surface area contributed by atoms with Crippen LogP contribution in [0.3, 0.4) is 0 Å². The lowest BCUT2D eigenvalue weighted by Crippen LogP contribution is -2.04. The number of nitrogen functional groups attached to an aromatic ring is 1. The minimum Gasteiger partial charge on any atom is -0.478 e. The number of aryl methyl sites for hydroxylation is 1. The molecular formula is C14H11Br2NO3. The third-order valence-electron chi connectivity index (χ3n) is 2.71. The summed E-state index contributed by atoms with van der Waals surface area (Å²) in [6.45, 7) is 1.74. The molecule has 0 saturated carbocycles. The van der Waals surface area contributed by atoms with E-state index in [1.807, 2.05) is 12.1 Å². The van der Waals surface area contributed by atoms with Crippen LogP contribution in [0, 0.1) is 6.92 Å². The van der Waals surface area contributed by atoms with Gasteiger partial charge in [-0.05, 0) is 58.7 Å². The second-order valence-electron chi connectivity index (χ2n) is 4.18. The highest BCUT2D eigenvalue weighted by atomic mass is 79.9. The van der Waals surface area contributed by atoms with Crippen LogP contribution in [0.25, 0.3) is 0 Å². The van der Waals surface area contributed by atoms with E-state index in [9.17, 15) is 4.79 Å².